The zero-order valence-electron chi connectivity index (χ0n) is 41.9. The first-order valence-electron chi connectivity index (χ1n) is 24.7. The molecule has 350 valence electrons. The van der Waals surface area contributed by atoms with Crippen molar-refractivity contribution in [3.8, 4) is 0 Å². The Balaban J connectivity index is 0.00000793. The van der Waals surface area contributed by atoms with E-state index in [0.717, 1.165) is 93.5 Å². The monoisotopic (exact) mass is 897 g/mol. The Morgan fingerprint density at radius 1 is 0.708 bits per heavy atom. The zero-order valence-corrected chi connectivity index (χ0v) is 43.3. The van der Waals surface area contributed by atoms with Crippen molar-refractivity contribution in [2.24, 2.45) is 41.4 Å². The summed E-state index contributed by atoms with van der Waals surface area (Å²) in [7, 11) is 1.31. The van der Waals surface area contributed by atoms with Gasteiger partial charge in [-0.25, -0.2) is 0 Å². The number of Topliss-reactive ketones (excluding diaryl/α,β-unsaturated/α-hetero) is 1. The van der Waals surface area contributed by atoms with Gasteiger partial charge in [-0.05, 0) is 82.0 Å². The van der Waals surface area contributed by atoms with Crippen LogP contribution < -0.4 is 25.7 Å². The van der Waals surface area contributed by atoms with Gasteiger partial charge in [-0.1, -0.05) is 165 Å². The molecule has 0 spiro atoms. The Morgan fingerprint density at radius 2 is 1.29 bits per heavy atom. The number of esters is 2. The molecular formula is C55H76MgN4O5-2. The number of methoxy groups -OCH3 is 1. The average Bonchev–Trinajstić information content (AvgIpc) is 3.99. The summed E-state index contributed by atoms with van der Waals surface area (Å²) in [5.74, 6) is -0.000396. The molecule has 1 saturated heterocycles. The van der Waals surface area contributed by atoms with Gasteiger partial charge < -0.3 is 29.7 Å². The van der Waals surface area contributed by atoms with Gasteiger partial charge in [0.25, 0.3) is 0 Å². The van der Waals surface area contributed by atoms with Gasteiger partial charge in [0.2, 0.25) is 0 Å². The van der Waals surface area contributed by atoms with Crippen LogP contribution in [0.1, 0.15) is 193 Å². The summed E-state index contributed by atoms with van der Waals surface area (Å²) in [6.45, 7) is 24.6. The van der Waals surface area contributed by atoms with E-state index < -0.39 is 11.9 Å². The molecule has 0 radical (unpaired) electrons. The van der Waals surface area contributed by atoms with Crippen molar-refractivity contribution in [3.05, 3.63) is 83.6 Å². The summed E-state index contributed by atoms with van der Waals surface area (Å²) in [6, 6.07) is 0. The van der Waals surface area contributed by atoms with Gasteiger partial charge in [0.15, 0.2) is 5.78 Å². The second-order valence-electron chi connectivity index (χ2n) is 20.1. The molecule has 3 aliphatic rings. The summed E-state index contributed by atoms with van der Waals surface area (Å²) in [5, 5.41) is 6.95. The van der Waals surface area contributed by atoms with E-state index in [1.54, 1.807) is 0 Å². The zero-order chi connectivity index (χ0) is 46.4. The molecule has 0 saturated carbocycles. The van der Waals surface area contributed by atoms with E-state index >= 15 is 0 Å². The number of rotatable bonds is 21. The predicted molar refractivity (Wildman–Crippen MR) is 264 cm³/mol. The molecule has 6 rings (SSSR count). The summed E-state index contributed by atoms with van der Waals surface area (Å²) < 4.78 is 11.1. The number of fused-ring (bicyclic) bond motifs is 7. The van der Waals surface area contributed by atoms with Gasteiger partial charge in [-0.2, -0.15) is 11.4 Å². The Morgan fingerprint density at radius 3 is 1.89 bits per heavy atom. The quantitative estimate of drug-likeness (QED) is 0.0588. The van der Waals surface area contributed by atoms with Crippen LogP contribution in [0.5, 0.6) is 0 Å². The van der Waals surface area contributed by atoms with Crippen molar-refractivity contribution in [2.75, 3.05) is 13.7 Å². The number of ketones is 1. The van der Waals surface area contributed by atoms with E-state index in [1.807, 2.05) is 19.1 Å². The van der Waals surface area contributed by atoms with Gasteiger partial charge in [-0.3, -0.25) is 14.4 Å². The van der Waals surface area contributed by atoms with E-state index in [-0.39, 0.29) is 53.1 Å². The van der Waals surface area contributed by atoms with Crippen molar-refractivity contribution in [3.63, 3.8) is 0 Å². The third kappa shape index (κ3) is 11.9. The molecule has 3 aromatic rings. The van der Waals surface area contributed by atoms with Crippen LogP contribution >= 0.6 is 0 Å². The molecule has 3 aromatic heterocycles. The van der Waals surface area contributed by atoms with Crippen LogP contribution in [0.4, 0.5) is 0 Å². The fourth-order valence-electron chi connectivity index (χ4n) is 10.5. The first-order valence-corrected chi connectivity index (χ1v) is 24.7. The van der Waals surface area contributed by atoms with Crippen LogP contribution in [-0.4, -0.2) is 54.5 Å². The minimum Gasteiger partial charge on any atom is -0.664 e. The predicted octanol–water partition coefficient (Wildman–Crippen LogP) is 10.4. The molecule has 10 heteroatoms. The number of hydrogen-bond acceptors (Lipinski definition) is 5. The minimum atomic E-state index is -1.20. The maximum atomic E-state index is 14.4. The standard InChI is InChI=1S/C55H77N4O5.Mg/c1-13-39-35(8)42-28-44-37(10)41(24-25-48(60)64-27-26-34(7)23-17-22-33(6)21-16-20-32(5)19-15-18-31(3)4)52(58-44)50-51(55(62)63-12)54(61)49-38(11)45(59-53(49)50)30-47-40(14-2)36(9)43(57-47)29-46(39)56-42;/h28-34,37,41,51H,13-27H2,1-12H3,(H-,58,59,61);/q-3;+2/p-1/b43-29-,44-28-,47-30-;/t32-,33-,34+,37+,41+,51-;/m1./s1. The maximum absolute atomic E-state index is 14.4. The molecule has 8 bridgehead atoms. The first-order chi connectivity index (χ1) is 30.6. The molecule has 2 aliphatic heterocycles. The van der Waals surface area contributed by atoms with Gasteiger partial charge in [-0.15, -0.1) is 33.5 Å². The van der Waals surface area contributed by atoms with Gasteiger partial charge in [0, 0.05) is 12.0 Å². The Hall–Kier alpha value is -3.76. The summed E-state index contributed by atoms with van der Waals surface area (Å²) in [5.41, 5.74) is 10.3. The second kappa shape index (κ2) is 23.3. The largest absolute Gasteiger partial charge is 2.00 e. The van der Waals surface area contributed by atoms with Crippen molar-refractivity contribution in [1.29, 1.82) is 0 Å². The van der Waals surface area contributed by atoms with Crippen LogP contribution in [0.15, 0.2) is 11.4 Å². The van der Waals surface area contributed by atoms with E-state index in [9.17, 15) is 14.4 Å². The molecule has 1 fully saturated rings. The summed E-state index contributed by atoms with van der Waals surface area (Å²) in [6.07, 6.45) is 20.8. The topological polar surface area (TPSA) is 126 Å². The molecular weight excluding hydrogens is 821 g/mol. The fourth-order valence-corrected chi connectivity index (χ4v) is 10.5. The number of ether oxygens (including phenoxy) is 2. The molecule has 65 heavy (non-hydrogen) atoms. The fraction of sp³-hybridized carbons (Fsp3) is 0.618. The van der Waals surface area contributed by atoms with Crippen molar-refractivity contribution >= 4 is 64.6 Å². The number of aromatic nitrogens is 3. The van der Waals surface area contributed by atoms with E-state index in [0.29, 0.717) is 52.7 Å². The molecule has 0 aromatic carbocycles. The van der Waals surface area contributed by atoms with Crippen molar-refractivity contribution in [1.82, 2.24) is 15.0 Å². The molecule has 9 nitrogen and oxygen atoms in total. The first kappa shape index (κ1) is 52.2. The summed E-state index contributed by atoms with van der Waals surface area (Å²) >= 11 is 0. The third-order valence-electron chi connectivity index (χ3n) is 14.8. The Labute approximate surface area is 406 Å². The molecule has 0 N–H and O–H groups in total. The molecule has 6 atom stereocenters. The second-order valence-corrected chi connectivity index (χ2v) is 20.1. The van der Waals surface area contributed by atoms with Crippen LogP contribution in [0.25, 0.3) is 29.1 Å². The Bertz CT molecular complexity index is 2360. The number of allylic oxidation sites excluding steroid dienone is 2. The number of carbonyl (C=O) groups excluding carboxylic acids is 3. The number of carbonyl (C=O) groups is 3. The maximum Gasteiger partial charge on any atom is 2.00 e. The number of hydrogen-bond donors (Lipinski definition) is 0. The number of nitrogens with zero attached hydrogens (tertiary/aromatic N) is 4. The molecule has 0 amide bonds. The van der Waals surface area contributed by atoms with Crippen LogP contribution in [-0.2, 0) is 31.9 Å². The Kier molecular flexibility index (Phi) is 18.7. The van der Waals surface area contributed by atoms with Crippen LogP contribution in [0.2, 0.25) is 0 Å². The van der Waals surface area contributed by atoms with E-state index in [2.05, 4.69) is 75.3 Å². The summed E-state index contributed by atoms with van der Waals surface area (Å²) in [4.78, 5) is 56.8. The normalized spacial score (nSPS) is 22.0. The van der Waals surface area contributed by atoms with Gasteiger partial charge in [0.05, 0.1) is 13.7 Å². The van der Waals surface area contributed by atoms with Crippen molar-refractivity contribution in [2.45, 2.75) is 166 Å². The minimum absolute atomic E-state index is 0. The van der Waals surface area contributed by atoms with Crippen molar-refractivity contribution < 1.29 is 23.9 Å². The SMILES string of the molecule is CCc1c2[n-]c(c1C)/C=C1\[N-]/C(=C3\c4[n-]c(c(C)c4C(=O)[C@@H]3C(=O)OC)/C=c3\[n-]/c(c(C)c3CC)=C\2)[C@@H](CCC(=O)OCC[C@@H](C)CCC[C@H](C)CCC[C@H](C)CCCC(C)C)[C@@H]1C.[Mg+2]. The van der Waals surface area contributed by atoms with Gasteiger partial charge >= 0.3 is 35.0 Å². The molecule has 1 aliphatic carbocycles. The van der Waals surface area contributed by atoms with E-state index in [1.165, 1.54) is 58.5 Å². The van der Waals surface area contributed by atoms with Gasteiger partial charge in [0.1, 0.15) is 5.92 Å². The molecule has 5 heterocycles. The van der Waals surface area contributed by atoms with Crippen LogP contribution in [0, 0.1) is 62.2 Å². The smallest absolute Gasteiger partial charge is 0.664 e. The average molecular weight is 898 g/mol. The van der Waals surface area contributed by atoms with E-state index in [4.69, 9.17) is 29.7 Å². The van der Waals surface area contributed by atoms with Crippen LogP contribution in [0.3, 0.4) is 0 Å². The third-order valence-corrected chi connectivity index (χ3v) is 14.8. The molecule has 0 unspecified atom stereocenters.